The van der Waals surface area contributed by atoms with E-state index in [0.29, 0.717) is 20.4 Å². The lowest BCUT2D eigenvalue weighted by molar-refractivity contribution is -0.153. The Kier molecular flexibility index (Phi) is 3.68. The first-order chi connectivity index (χ1) is 8.38. The molecule has 7 heteroatoms. The largest absolute Gasteiger partial charge is 0.482 e. The molecule has 0 spiro atoms. The molecule has 1 aromatic carbocycles. The summed E-state index contributed by atoms with van der Waals surface area (Å²) in [5.74, 6) is 0.0715. The van der Waals surface area contributed by atoms with Gasteiger partial charge in [-0.1, -0.05) is 23.7 Å². The third kappa shape index (κ3) is 2.87. The summed E-state index contributed by atoms with van der Waals surface area (Å²) < 4.78 is 41.6. The quantitative estimate of drug-likeness (QED) is 0.797. The zero-order valence-electron chi connectivity index (χ0n) is 8.76. The molecule has 0 amide bonds. The lowest BCUT2D eigenvalue weighted by atomic mass is 10.2. The van der Waals surface area contributed by atoms with Gasteiger partial charge >= 0.3 is 6.18 Å². The number of para-hydroxylation sites is 1. The van der Waals surface area contributed by atoms with Crippen LogP contribution in [0.1, 0.15) is 0 Å². The van der Waals surface area contributed by atoms with Gasteiger partial charge in [-0.25, -0.2) is 0 Å². The molecule has 2 nitrogen and oxygen atoms in total. The lowest BCUT2D eigenvalue weighted by Crippen LogP contribution is -2.19. The van der Waals surface area contributed by atoms with Crippen LogP contribution in [-0.4, -0.2) is 17.8 Å². The molecule has 0 aliphatic heterocycles. The van der Waals surface area contributed by atoms with Crippen LogP contribution in [0.25, 0.3) is 10.9 Å². The molecule has 0 bridgehead atoms. The Labute approximate surface area is 114 Å². The first-order valence-corrected chi connectivity index (χ1v) is 5.98. The second kappa shape index (κ2) is 4.93. The number of nitrogens with zero attached hydrogens (tertiary/aromatic N) is 1. The van der Waals surface area contributed by atoms with E-state index < -0.39 is 12.8 Å². The molecule has 96 valence electrons. The standard InChI is InChI=1S/C11H6BrClF3NO/c12-9-6-2-1-3-8(18-5-11(14,15)16)10(6)17-4-7(9)13/h1-4H,5H2. The minimum Gasteiger partial charge on any atom is -0.482 e. The van der Waals surface area contributed by atoms with Crippen molar-refractivity contribution in [2.24, 2.45) is 0 Å². The molecule has 0 atom stereocenters. The fourth-order valence-electron chi connectivity index (χ4n) is 1.42. The van der Waals surface area contributed by atoms with Gasteiger partial charge in [0.15, 0.2) is 6.61 Å². The van der Waals surface area contributed by atoms with Gasteiger partial charge in [-0.3, -0.25) is 4.98 Å². The average Bonchev–Trinajstić information content (AvgIpc) is 2.30. The Hall–Kier alpha value is -1.01. The summed E-state index contributed by atoms with van der Waals surface area (Å²) in [6.07, 6.45) is -3.03. The van der Waals surface area contributed by atoms with Crippen molar-refractivity contribution < 1.29 is 17.9 Å². The van der Waals surface area contributed by atoms with Crippen molar-refractivity contribution in [3.63, 3.8) is 0 Å². The van der Waals surface area contributed by atoms with Crippen molar-refractivity contribution in [1.82, 2.24) is 4.98 Å². The van der Waals surface area contributed by atoms with Gasteiger partial charge in [0.05, 0.1) is 5.02 Å². The van der Waals surface area contributed by atoms with Gasteiger partial charge in [-0.05, 0) is 22.0 Å². The van der Waals surface area contributed by atoms with Crippen molar-refractivity contribution >= 4 is 38.4 Å². The monoisotopic (exact) mass is 339 g/mol. The van der Waals surface area contributed by atoms with Crippen LogP contribution in [0.2, 0.25) is 5.02 Å². The van der Waals surface area contributed by atoms with E-state index in [4.69, 9.17) is 16.3 Å². The van der Waals surface area contributed by atoms with Crippen LogP contribution in [0.3, 0.4) is 0 Å². The highest BCUT2D eigenvalue weighted by atomic mass is 79.9. The lowest BCUT2D eigenvalue weighted by Gasteiger charge is -2.11. The molecule has 0 saturated carbocycles. The smallest absolute Gasteiger partial charge is 0.422 e. The number of benzene rings is 1. The number of alkyl halides is 3. The highest BCUT2D eigenvalue weighted by molar-refractivity contribution is 9.10. The zero-order chi connectivity index (χ0) is 13.3. The van der Waals surface area contributed by atoms with E-state index in [-0.39, 0.29) is 5.75 Å². The second-order valence-electron chi connectivity index (χ2n) is 3.48. The minimum atomic E-state index is -4.38. The summed E-state index contributed by atoms with van der Waals surface area (Å²) in [6, 6.07) is 4.71. The average molecular weight is 341 g/mol. The van der Waals surface area contributed by atoms with Crippen LogP contribution in [0.15, 0.2) is 28.9 Å². The molecular formula is C11H6BrClF3NO. The topological polar surface area (TPSA) is 22.1 Å². The molecule has 0 saturated heterocycles. The third-order valence-corrected chi connectivity index (χ3v) is 3.51. The number of hydrogen-bond donors (Lipinski definition) is 0. The van der Waals surface area contributed by atoms with Crippen LogP contribution in [0.5, 0.6) is 5.75 Å². The van der Waals surface area contributed by atoms with Crippen LogP contribution < -0.4 is 4.74 Å². The Morgan fingerprint density at radius 2 is 2.06 bits per heavy atom. The van der Waals surface area contributed by atoms with Crippen molar-refractivity contribution in [1.29, 1.82) is 0 Å². The van der Waals surface area contributed by atoms with E-state index in [2.05, 4.69) is 20.9 Å². The highest BCUT2D eigenvalue weighted by Gasteiger charge is 2.28. The number of rotatable bonds is 2. The summed E-state index contributed by atoms with van der Waals surface area (Å²) in [4.78, 5) is 3.99. The minimum absolute atomic E-state index is 0.0715. The summed E-state index contributed by atoms with van der Waals surface area (Å²) >= 11 is 9.12. The molecule has 1 aromatic heterocycles. The molecular weight excluding hydrogens is 334 g/mol. The summed E-state index contributed by atoms with van der Waals surface area (Å²) in [5.41, 5.74) is 0.332. The molecule has 0 N–H and O–H groups in total. The number of aromatic nitrogens is 1. The van der Waals surface area contributed by atoms with Crippen molar-refractivity contribution in [3.05, 3.63) is 33.9 Å². The maximum absolute atomic E-state index is 12.1. The Balaban J connectivity index is 2.43. The zero-order valence-corrected chi connectivity index (χ0v) is 11.1. The first-order valence-electron chi connectivity index (χ1n) is 4.81. The predicted molar refractivity (Wildman–Crippen MR) is 66.0 cm³/mol. The molecule has 0 unspecified atom stereocenters. The van der Waals surface area contributed by atoms with E-state index in [1.807, 2.05) is 0 Å². The van der Waals surface area contributed by atoms with E-state index in [1.54, 1.807) is 12.1 Å². The fraction of sp³-hybridized carbons (Fsp3) is 0.182. The van der Waals surface area contributed by atoms with Crippen LogP contribution in [-0.2, 0) is 0 Å². The van der Waals surface area contributed by atoms with E-state index in [9.17, 15) is 13.2 Å². The van der Waals surface area contributed by atoms with Gasteiger partial charge in [-0.2, -0.15) is 13.2 Å². The second-order valence-corrected chi connectivity index (χ2v) is 4.68. The normalized spacial score (nSPS) is 11.8. The Morgan fingerprint density at radius 3 is 2.72 bits per heavy atom. The SMILES string of the molecule is FC(F)(F)COc1cccc2c(Br)c(Cl)cnc12. The number of pyridine rings is 1. The van der Waals surface area contributed by atoms with Gasteiger partial charge in [0.1, 0.15) is 11.3 Å². The van der Waals surface area contributed by atoms with Crippen molar-refractivity contribution in [2.45, 2.75) is 6.18 Å². The van der Waals surface area contributed by atoms with Gasteiger partial charge < -0.3 is 4.74 Å². The van der Waals surface area contributed by atoms with Crippen LogP contribution in [0.4, 0.5) is 13.2 Å². The summed E-state index contributed by atoms with van der Waals surface area (Å²) in [5, 5.41) is 0.984. The molecule has 0 fully saturated rings. The molecule has 0 radical (unpaired) electrons. The fourth-order valence-corrected chi connectivity index (χ4v) is 1.99. The molecule has 0 aliphatic carbocycles. The van der Waals surface area contributed by atoms with E-state index in [0.717, 1.165) is 0 Å². The Morgan fingerprint density at radius 1 is 1.33 bits per heavy atom. The highest BCUT2D eigenvalue weighted by Crippen LogP contribution is 2.34. The molecule has 2 aromatic rings. The maximum atomic E-state index is 12.1. The molecule has 1 heterocycles. The maximum Gasteiger partial charge on any atom is 0.422 e. The van der Waals surface area contributed by atoms with Crippen LogP contribution in [0, 0.1) is 0 Å². The number of hydrogen-bond acceptors (Lipinski definition) is 2. The van der Waals surface area contributed by atoms with E-state index >= 15 is 0 Å². The first kappa shape index (κ1) is 13.4. The van der Waals surface area contributed by atoms with Crippen molar-refractivity contribution in [3.8, 4) is 5.75 Å². The number of fused-ring (bicyclic) bond motifs is 1. The van der Waals surface area contributed by atoms with E-state index in [1.165, 1.54) is 12.3 Å². The van der Waals surface area contributed by atoms with Gasteiger partial charge in [0.2, 0.25) is 0 Å². The number of halogens is 5. The summed E-state index contributed by atoms with van der Waals surface area (Å²) in [6.45, 7) is -1.35. The molecule has 0 aliphatic rings. The van der Waals surface area contributed by atoms with Gasteiger partial charge in [0, 0.05) is 16.1 Å². The van der Waals surface area contributed by atoms with Crippen molar-refractivity contribution in [2.75, 3.05) is 6.61 Å². The van der Waals surface area contributed by atoms with Gasteiger partial charge in [0.25, 0.3) is 0 Å². The molecule has 2 rings (SSSR count). The Bertz CT molecular complexity index is 588. The predicted octanol–water partition coefficient (Wildman–Crippen LogP) is 4.59. The van der Waals surface area contributed by atoms with Gasteiger partial charge in [-0.15, -0.1) is 0 Å². The molecule has 18 heavy (non-hydrogen) atoms. The van der Waals surface area contributed by atoms with Crippen LogP contribution >= 0.6 is 27.5 Å². The number of ether oxygens (including phenoxy) is 1. The third-order valence-electron chi connectivity index (χ3n) is 2.14. The summed E-state index contributed by atoms with van der Waals surface area (Å²) in [7, 11) is 0.